The van der Waals surface area contributed by atoms with Crippen LogP contribution >= 0.6 is 38.9 Å². The first-order chi connectivity index (χ1) is 14.7. The van der Waals surface area contributed by atoms with E-state index in [-0.39, 0.29) is 11.8 Å². The highest BCUT2D eigenvalue weighted by atomic mass is 79.9. The van der Waals surface area contributed by atoms with E-state index in [0.29, 0.717) is 17.5 Å². The molecule has 4 rings (SSSR count). The first kappa shape index (κ1) is 22.6. The molecule has 1 aliphatic rings. The Kier molecular flexibility index (Phi) is 6.60. The number of thiophene rings is 1. The molecular formula is C22H25BrClN3O3S. The Labute approximate surface area is 199 Å². The minimum absolute atomic E-state index is 0.0872. The van der Waals surface area contributed by atoms with E-state index in [4.69, 9.17) is 20.8 Å². The SMILES string of the molecule is CC(C)(C)OC(=O)N(Cc1ccco1)c1nc(Cl)nc2c(Br)c(C3CCCCC3)sc12. The van der Waals surface area contributed by atoms with Crippen molar-refractivity contribution in [3.63, 3.8) is 0 Å². The average molecular weight is 527 g/mol. The van der Waals surface area contributed by atoms with E-state index in [1.54, 1.807) is 23.7 Å². The lowest BCUT2D eigenvalue weighted by atomic mass is 9.88. The molecule has 1 fully saturated rings. The minimum Gasteiger partial charge on any atom is -0.467 e. The number of aromatic nitrogens is 2. The largest absolute Gasteiger partial charge is 0.467 e. The van der Waals surface area contributed by atoms with E-state index < -0.39 is 11.7 Å². The molecule has 31 heavy (non-hydrogen) atoms. The normalized spacial score (nSPS) is 15.4. The van der Waals surface area contributed by atoms with E-state index in [1.165, 1.54) is 29.0 Å². The summed E-state index contributed by atoms with van der Waals surface area (Å²) in [5.41, 5.74) is 0.0751. The van der Waals surface area contributed by atoms with E-state index in [2.05, 4.69) is 25.9 Å². The number of rotatable bonds is 4. The predicted molar refractivity (Wildman–Crippen MR) is 127 cm³/mol. The molecule has 0 spiro atoms. The highest BCUT2D eigenvalue weighted by molar-refractivity contribution is 9.10. The van der Waals surface area contributed by atoms with Crippen molar-refractivity contribution in [2.24, 2.45) is 0 Å². The molecule has 0 saturated heterocycles. The van der Waals surface area contributed by atoms with Crippen LogP contribution in [0.2, 0.25) is 5.28 Å². The fraction of sp³-hybridized carbons (Fsp3) is 0.500. The standard InChI is InChI=1S/C22H25BrClN3O3S/c1-22(2,3)30-21(28)27(12-14-10-7-11-29-14)19-18-16(25-20(24)26-19)15(23)17(31-18)13-8-5-4-6-9-13/h7,10-11,13H,4-6,8-9,12H2,1-3H3. The number of halogens is 2. The van der Waals surface area contributed by atoms with Crippen LogP contribution in [0.1, 0.15) is 69.4 Å². The smallest absolute Gasteiger partial charge is 0.416 e. The zero-order valence-corrected chi connectivity index (χ0v) is 20.9. The molecule has 0 aromatic carbocycles. The van der Waals surface area contributed by atoms with Crippen molar-refractivity contribution in [3.05, 3.63) is 38.8 Å². The zero-order chi connectivity index (χ0) is 22.2. The molecule has 0 bridgehead atoms. The Morgan fingerprint density at radius 3 is 2.71 bits per heavy atom. The van der Waals surface area contributed by atoms with Gasteiger partial charge >= 0.3 is 6.09 Å². The molecule has 3 aromatic heterocycles. The maximum absolute atomic E-state index is 13.2. The van der Waals surface area contributed by atoms with Crippen LogP contribution in [0.4, 0.5) is 10.6 Å². The van der Waals surface area contributed by atoms with Gasteiger partial charge in [0, 0.05) is 4.88 Å². The summed E-state index contributed by atoms with van der Waals surface area (Å²) in [5, 5.41) is 0.0872. The minimum atomic E-state index is -0.655. The van der Waals surface area contributed by atoms with Crippen LogP contribution < -0.4 is 4.90 Å². The molecule has 0 N–H and O–H groups in total. The number of hydrogen-bond donors (Lipinski definition) is 0. The van der Waals surface area contributed by atoms with Gasteiger partial charge in [0.1, 0.15) is 16.9 Å². The molecule has 1 amide bonds. The van der Waals surface area contributed by atoms with E-state index in [0.717, 1.165) is 27.5 Å². The topological polar surface area (TPSA) is 68.5 Å². The van der Waals surface area contributed by atoms with Crippen LogP contribution in [-0.2, 0) is 11.3 Å². The number of carbonyl (C=O) groups excluding carboxylic acids is 1. The third-order valence-corrected chi connectivity index (χ3v) is 7.77. The molecule has 1 aliphatic carbocycles. The lowest BCUT2D eigenvalue weighted by Gasteiger charge is -2.26. The Morgan fingerprint density at radius 2 is 2.06 bits per heavy atom. The van der Waals surface area contributed by atoms with Gasteiger partial charge in [-0.05, 0) is 79.2 Å². The zero-order valence-electron chi connectivity index (χ0n) is 17.8. The number of ether oxygens (including phenoxy) is 1. The Bertz CT molecular complexity index is 1070. The van der Waals surface area contributed by atoms with E-state index in [1.807, 2.05) is 26.8 Å². The first-order valence-corrected chi connectivity index (χ1v) is 12.4. The summed E-state index contributed by atoms with van der Waals surface area (Å²) in [6.45, 7) is 5.68. The first-order valence-electron chi connectivity index (χ1n) is 10.4. The second kappa shape index (κ2) is 9.08. The number of anilines is 1. The third-order valence-electron chi connectivity index (χ3n) is 5.20. The van der Waals surface area contributed by atoms with Crippen molar-refractivity contribution in [1.82, 2.24) is 9.97 Å². The second-order valence-electron chi connectivity index (χ2n) is 8.76. The van der Waals surface area contributed by atoms with Gasteiger partial charge in [-0.1, -0.05) is 19.3 Å². The maximum atomic E-state index is 13.2. The summed E-state index contributed by atoms with van der Waals surface area (Å²) in [5.74, 6) is 1.54. The molecule has 0 radical (unpaired) electrons. The summed E-state index contributed by atoms with van der Waals surface area (Å²) in [6, 6.07) is 3.60. The van der Waals surface area contributed by atoms with Gasteiger partial charge < -0.3 is 9.15 Å². The number of carbonyl (C=O) groups is 1. The molecular weight excluding hydrogens is 502 g/mol. The van der Waals surface area contributed by atoms with Crippen molar-refractivity contribution < 1.29 is 13.9 Å². The van der Waals surface area contributed by atoms with Gasteiger partial charge in [-0.25, -0.2) is 9.78 Å². The molecule has 0 unspecified atom stereocenters. The van der Waals surface area contributed by atoms with Gasteiger partial charge in [0.15, 0.2) is 5.82 Å². The highest BCUT2D eigenvalue weighted by Crippen LogP contribution is 2.47. The molecule has 6 nitrogen and oxygen atoms in total. The van der Waals surface area contributed by atoms with Gasteiger partial charge in [-0.3, -0.25) is 4.90 Å². The number of furan rings is 1. The monoisotopic (exact) mass is 525 g/mol. The van der Waals surface area contributed by atoms with Crippen molar-refractivity contribution in [2.45, 2.75) is 70.9 Å². The van der Waals surface area contributed by atoms with Gasteiger partial charge in [-0.2, -0.15) is 4.98 Å². The lowest BCUT2D eigenvalue weighted by Crippen LogP contribution is -2.37. The fourth-order valence-corrected chi connectivity index (χ4v) is 6.29. The number of nitrogens with zero attached hydrogens (tertiary/aromatic N) is 3. The van der Waals surface area contributed by atoms with Crippen molar-refractivity contribution in [1.29, 1.82) is 0 Å². The molecule has 3 heterocycles. The van der Waals surface area contributed by atoms with Crippen LogP contribution in [0.5, 0.6) is 0 Å². The van der Waals surface area contributed by atoms with Crippen LogP contribution in [0.3, 0.4) is 0 Å². The van der Waals surface area contributed by atoms with E-state index >= 15 is 0 Å². The van der Waals surface area contributed by atoms with Crippen molar-refractivity contribution in [2.75, 3.05) is 4.90 Å². The molecule has 166 valence electrons. The number of amides is 1. The molecule has 0 atom stereocenters. The lowest BCUT2D eigenvalue weighted by molar-refractivity contribution is 0.0574. The van der Waals surface area contributed by atoms with Crippen molar-refractivity contribution in [3.8, 4) is 0 Å². The Balaban J connectivity index is 1.82. The molecule has 0 aliphatic heterocycles. The number of fused-ring (bicyclic) bond motifs is 1. The summed E-state index contributed by atoms with van der Waals surface area (Å²) < 4.78 is 12.9. The summed E-state index contributed by atoms with van der Waals surface area (Å²) >= 11 is 11.7. The van der Waals surface area contributed by atoms with Gasteiger partial charge in [0.2, 0.25) is 5.28 Å². The van der Waals surface area contributed by atoms with Crippen molar-refractivity contribution >= 4 is 61.0 Å². The average Bonchev–Trinajstić information content (AvgIpc) is 3.33. The third kappa shape index (κ3) is 5.07. The molecule has 3 aromatic rings. The molecule has 9 heteroatoms. The summed E-state index contributed by atoms with van der Waals surface area (Å²) in [4.78, 5) is 24.9. The van der Waals surface area contributed by atoms with Gasteiger partial charge in [0.25, 0.3) is 0 Å². The fourth-order valence-electron chi connectivity index (χ4n) is 3.84. The quantitative estimate of drug-likeness (QED) is 0.326. The summed E-state index contributed by atoms with van der Waals surface area (Å²) in [6.07, 6.45) is 7.12. The van der Waals surface area contributed by atoms with Crippen LogP contribution in [0, 0.1) is 0 Å². The Morgan fingerprint density at radius 1 is 1.32 bits per heavy atom. The van der Waals surface area contributed by atoms with Gasteiger partial charge in [-0.15, -0.1) is 11.3 Å². The van der Waals surface area contributed by atoms with Crippen LogP contribution in [-0.4, -0.2) is 21.7 Å². The highest BCUT2D eigenvalue weighted by Gasteiger charge is 2.30. The second-order valence-corrected chi connectivity index (χ2v) is 10.9. The summed E-state index contributed by atoms with van der Waals surface area (Å²) in [7, 11) is 0. The predicted octanol–water partition coefficient (Wildman–Crippen LogP) is 7.69. The maximum Gasteiger partial charge on any atom is 0.416 e. The Hall–Kier alpha value is -1.64. The van der Waals surface area contributed by atoms with Crippen LogP contribution in [0.25, 0.3) is 10.2 Å². The molecule has 1 saturated carbocycles. The van der Waals surface area contributed by atoms with Crippen LogP contribution in [0.15, 0.2) is 27.3 Å². The van der Waals surface area contributed by atoms with Gasteiger partial charge in [0.05, 0.1) is 22.0 Å². The number of hydrogen-bond acceptors (Lipinski definition) is 6. The van der Waals surface area contributed by atoms with E-state index in [9.17, 15) is 4.79 Å².